The maximum absolute atomic E-state index is 11.9. The Morgan fingerprint density at radius 1 is 1.15 bits per heavy atom. The molecule has 4 heteroatoms. The molecule has 2 aliphatic rings. The average Bonchev–Trinajstić information content (AvgIpc) is 2.91. The van der Waals surface area contributed by atoms with Gasteiger partial charge in [-0.2, -0.15) is 0 Å². The molecule has 0 amide bonds. The summed E-state index contributed by atoms with van der Waals surface area (Å²) in [6.45, 7) is 2.29. The van der Waals surface area contributed by atoms with Crippen LogP contribution in [0.15, 0.2) is 29.3 Å². The molecule has 1 aliphatic carbocycles. The van der Waals surface area contributed by atoms with Gasteiger partial charge in [0.15, 0.2) is 0 Å². The third kappa shape index (κ3) is 1.90. The first-order chi connectivity index (χ1) is 9.81. The number of hydrogen-bond acceptors (Lipinski definition) is 3. The Kier molecular flexibility index (Phi) is 2.76. The molecular formula is C16H19N3O. The van der Waals surface area contributed by atoms with Gasteiger partial charge in [0.25, 0.3) is 5.56 Å². The molecule has 1 aromatic carbocycles. The van der Waals surface area contributed by atoms with Gasteiger partial charge in [0.1, 0.15) is 0 Å². The van der Waals surface area contributed by atoms with Crippen molar-refractivity contribution in [1.82, 2.24) is 9.97 Å². The van der Waals surface area contributed by atoms with Gasteiger partial charge < -0.3 is 9.88 Å². The topological polar surface area (TPSA) is 49.0 Å². The quantitative estimate of drug-likeness (QED) is 0.865. The molecule has 2 aromatic rings. The molecule has 1 aromatic heterocycles. The Morgan fingerprint density at radius 3 is 2.65 bits per heavy atom. The summed E-state index contributed by atoms with van der Waals surface area (Å²) in [6.07, 6.45) is 6.98. The van der Waals surface area contributed by atoms with Gasteiger partial charge in [-0.1, -0.05) is 12.8 Å². The second-order valence-electron chi connectivity index (χ2n) is 6.14. The number of aromatic amines is 1. The van der Waals surface area contributed by atoms with Gasteiger partial charge in [-0.15, -0.1) is 0 Å². The van der Waals surface area contributed by atoms with Gasteiger partial charge in [0.2, 0.25) is 0 Å². The van der Waals surface area contributed by atoms with Crippen molar-refractivity contribution >= 4 is 16.6 Å². The van der Waals surface area contributed by atoms with E-state index in [9.17, 15) is 4.79 Å². The standard InChI is InChI=1S/C16H19N3O/c20-16-14-7-13(5-6-15(14)17-10-18-16)19-8-11-3-1-2-4-12(11)9-19/h5-7,10-12H,1-4,8-9H2,(H,17,18,20)/t11-,12+. The van der Waals surface area contributed by atoms with E-state index in [2.05, 4.69) is 20.9 Å². The van der Waals surface area contributed by atoms with Gasteiger partial charge in [0.05, 0.1) is 17.2 Å². The van der Waals surface area contributed by atoms with Gasteiger partial charge >= 0.3 is 0 Å². The summed E-state index contributed by atoms with van der Waals surface area (Å²) in [7, 11) is 0. The second-order valence-corrected chi connectivity index (χ2v) is 6.14. The van der Waals surface area contributed by atoms with Crippen LogP contribution in [0.25, 0.3) is 10.9 Å². The maximum Gasteiger partial charge on any atom is 0.258 e. The van der Waals surface area contributed by atoms with E-state index >= 15 is 0 Å². The monoisotopic (exact) mass is 269 g/mol. The Bertz CT molecular complexity index is 679. The van der Waals surface area contributed by atoms with Crippen molar-refractivity contribution in [2.24, 2.45) is 11.8 Å². The van der Waals surface area contributed by atoms with E-state index in [1.807, 2.05) is 12.1 Å². The third-order valence-corrected chi connectivity index (χ3v) is 4.97. The zero-order valence-electron chi connectivity index (χ0n) is 11.5. The number of aromatic nitrogens is 2. The van der Waals surface area contributed by atoms with Crippen molar-refractivity contribution in [2.45, 2.75) is 25.7 Å². The minimum Gasteiger partial charge on any atom is -0.371 e. The van der Waals surface area contributed by atoms with Crippen LogP contribution in [0.3, 0.4) is 0 Å². The van der Waals surface area contributed by atoms with Crippen molar-refractivity contribution in [3.05, 3.63) is 34.9 Å². The summed E-state index contributed by atoms with van der Waals surface area (Å²) in [4.78, 5) is 21.2. The predicted octanol–water partition coefficient (Wildman–Crippen LogP) is 2.55. The lowest BCUT2D eigenvalue weighted by atomic mass is 9.82. The second kappa shape index (κ2) is 4.62. The van der Waals surface area contributed by atoms with Crippen molar-refractivity contribution in [2.75, 3.05) is 18.0 Å². The summed E-state index contributed by atoms with van der Waals surface area (Å²) in [5, 5.41) is 0.694. The Balaban J connectivity index is 1.69. The molecule has 1 aliphatic heterocycles. The molecule has 20 heavy (non-hydrogen) atoms. The molecule has 0 spiro atoms. The van der Waals surface area contributed by atoms with Gasteiger partial charge in [0, 0.05) is 18.8 Å². The molecular weight excluding hydrogens is 250 g/mol. The summed E-state index contributed by atoms with van der Waals surface area (Å²) < 4.78 is 0. The number of benzene rings is 1. The summed E-state index contributed by atoms with van der Waals surface area (Å²) in [5.74, 6) is 1.71. The molecule has 1 saturated heterocycles. The van der Waals surface area contributed by atoms with E-state index in [0.717, 1.165) is 30.4 Å². The first-order valence-corrected chi connectivity index (χ1v) is 7.54. The zero-order chi connectivity index (χ0) is 13.5. The van der Waals surface area contributed by atoms with Crippen molar-refractivity contribution in [1.29, 1.82) is 0 Å². The average molecular weight is 269 g/mol. The van der Waals surface area contributed by atoms with Gasteiger partial charge in [-0.25, -0.2) is 4.98 Å². The van der Waals surface area contributed by atoms with Crippen LogP contribution >= 0.6 is 0 Å². The minimum atomic E-state index is -0.0477. The lowest BCUT2D eigenvalue weighted by Crippen LogP contribution is -2.20. The highest BCUT2D eigenvalue weighted by molar-refractivity contribution is 5.81. The zero-order valence-corrected chi connectivity index (χ0v) is 11.5. The molecule has 4 nitrogen and oxygen atoms in total. The normalized spacial score (nSPS) is 25.9. The van der Waals surface area contributed by atoms with E-state index in [-0.39, 0.29) is 5.56 Å². The Labute approximate surface area is 117 Å². The van der Waals surface area contributed by atoms with Crippen LogP contribution < -0.4 is 10.5 Å². The van der Waals surface area contributed by atoms with E-state index in [1.54, 1.807) is 0 Å². The van der Waals surface area contributed by atoms with Crippen molar-refractivity contribution < 1.29 is 0 Å². The first-order valence-electron chi connectivity index (χ1n) is 7.54. The number of hydrogen-bond donors (Lipinski definition) is 1. The first kappa shape index (κ1) is 11.9. The summed E-state index contributed by atoms with van der Waals surface area (Å²) >= 11 is 0. The molecule has 1 N–H and O–H groups in total. The Morgan fingerprint density at radius 2 is 1.90 bits per heavy atom. The lowest BCUT2D eigenvalue weighted by Gasteiger charge is -2.22. The van der Waals surface area contributed by atoms with Crippen LogP contribution in [-0.4, -0.2) is 23.1 Å². The Hall–Kier alpha value is -1.84. The molecule has 2 atom stereocenters. The van der Waals surface area contributed by atoms with E-state index in [0.29, 0.717) is 5.39 Å². The molecule has 0 unspecified atom stereocenters. The van der Waals surface area contributed by atoms with Crippen LogP contribution in [0, 0.1) is 11.8 Å². The molecule has 0 radical (unpaired) electrons. The number of rotatable bonds is 1. The molecule has 104 valence electrons. The molecule has 2 heterocycles. The number of anilines is 1. The largest absolute Gasteiger partial charge is 0.371 e. The van der Waals surface area contributed by atoms with Crippen LogP contribution in [0.2, 0.25) is 0 Å². The van der Waals surface area contributed by atoms with Crippen molar-refractivity contribution in [3.63, 3.8) is 0 Å². The van der Waals surface area contributed by atoms with E-state index in [1.165, 1.54) is 37.7 Å². The summed E-state index contributed by atoms with van der Waals surface area (Å²) in [5.41, 5.74) is 1.90. The molecule has 0 bridgehead atoms. The van der Waals surface area contributed by atoms with Crippen LogP contribution in [0.1, 0.15) is 25.7 Å². The third-order valence-electron chi connectivity index (χ3n) is 4.97. The van der Waals surface area contributed by atoms with E-state index in [4.69, 9.17) is 0 Å². The highest BCUT2D eigenvalue weighted by Gasteiger charge is 2.34. The van der Waals surface area contributed by atoms with Gasteiger partial charge in [-0.05, 0) is 42.9 Å². The van der Waals surface area contributed by atoms with Crippen LogP contribution in [0.5, 0.6) is 0 Å². The smallest absolute Gasteiger partial charge is 0.258 e. The molecule has 2 fully saturated rings. The lowest BCUT2D eigenvalue weighted by molar-refractivity contribution is 0.299. The highest BCUT2D eigenvalue weighted by Crippen LogP contribution is 2.38. The number of nitrogens with one attached hydrogen (secondary N) is 1. The van der Waals surface area contributed by atoms with Crippen LogP contribution in [0.4, 0.5) is 5.69 Å². The van der Waals surface area contributed by atoms with Crippen LogP contribution in [-0.2, 0) is 0 Å². The predicted molar refractivity (Wildman–Crippen MR) is 80.0 cm³/mol. The minimum absolute atomic E-state index is 0.0477. The number of nitrogens with zero attached hydrogens (tertiary/aromatic N) is 2. The number of H-pyrrole nitrogens is 1. The van der Waals surface area contributed by atoms with E-state index < -0.39 is 0 Å². The fourth-order valence-electron chi connectivity index (χ4n) is 3.87. The molecule has 1 saturated carbocycles. The fraction of sp³-hybridized carbons (Fsp3) is 0.500. The molecule has 4 rings (SSSR count). The number of fused-ring (bicyclic) bond motifs is 2. The maximum atomic E-state index is 11.9. The highest BCUT2D eigenvalue weighted by atomic mass is 16.1. The summed E-state index contributed by atoms with van der Waals surface area (Å²) in [6, 6.07) is 6.06. The fourth-order valence-corrected chi connectivity index (χ4v) is 3.87. The SMILES string of the molecule is O=c1[nH]cnc2ccc(N3C[C@H]4CCCC[C@H]4C3)cc12. The van der Waals surface area contributed by atoms with Gasteiger partial charge in [-0.3, -0.25) is 4.79 Å². The van der Waals surface area contributed by atoms with Crippen molar-refractivity contribution in [3.8, 4) is 0 Å².